The van der Waals surface area contributed by atoms with Gasteiger partial charge in [-0.05, 0) is 75.3 Å². The van der Waals surface area contributed by atoms with Crippen LogP contribution in [0.1, 0.15) is 0 Å². The van der Waals surface area contributed by atoms with E-state index in [2.05, 4.69) is 175 Å². The number of nitrogens with zero attached hydrogens (tertiary/aromatic N) is 1. The molecular formula is C50H31NO2. The highest BCUT2D eigenvalue weighted by molar-refractivity contribution is 6.20. The number of furan rings is 2. The van der Waals surface area contributed by atoms with Crippen LogP contribution >= 0.6 is 0 Å². The van der Waals surface area contributed by atoms with Crippen molar-refractivity contribution in [2.75, 3.05) is 4.90 Å². The normalized spacial score (nSPS) is 11.8. The summed E-state index contributed by atoms with van der Waals surface area (Å²) < 4.78 is 13.3. The number of para-hydroxylation sites is 2. The van der Waals surface area contributed by atoms with Crippen molar-refractivity contribution in [1.82, 2.24) is 0 Å². The van der Waals surface area contributed by atoms with E-state index in [0.29, 0.717) is 0 Å². The summed E-state index contributed by atoms with van der Waals surface area (Å²) in [7, 11) is 0. The fourth-order valence-electron chi connectivity index (χ4n) is 8.18. The van der Waals surface area contributed by atoms with E-state index in [-0.39, 0.29) is 0 Å². The Labute approximate surface area is 305 Å². The first-order chi connectivity index (χ1) is 26.3. The predicted octanol–water partition coefficient (Wildman–Crippen LogP) is 14.6. The number of hydrogen-bond donors (Lipinski definition) is 0. The molecule has 0 aliphatic rings. The molecule has 0 radical (unpaired) electrons. The zero-order chi connectivity index (χ0) is 34.9. The molecule has 0 bridgehead atoms. The molecule has 9 aromatic carbocycles. The molecule has 0 saturated carbocycles. The van der Waals surface area contributed by atoms with Crippen LogP contribution in [0.4, 0.5) is 17.1 Å². The van der Waals surface area contributed by atoms with E-state index >= 15 is 0 Å². The van der Waals surface area contributed by atoms with Crippen LogP contribution in [0.5, 0.6) is 0 Å². The predicted molar refractivity (Wildman–Crippen MR) is 222 cm³/mol. The Bertz CT molecular complexity index is 3170. The molecule has 3 nitrogen and oxygen atoms in total. The Morgan fingerprint density at radius 2 is 0.962 bits per heavy atom. The SMILES string of the molecule is c1ccc(-c2ccc(-c3ccc(N(c4ccc5c(c4)oc4ccccc45)c4cccc5ccc6ccccc6c45)c4c3oc3ccccc34)cc2)cc1. The summed E-state index contributed by atoms with van der Waals surface area (Å²) in [5.74, 6) is 0. The Morgan fingerprint density at radius 1 is 0.340 bits per heavy atom. The Morgan fingerprint density at radius 3 is 1.81 bits per heavy atom. The molecule has 0 atom stereocenters. The number of anilines is 3. The summed E-state index contributed by atoms with van der Waals surface area (Å²) in [6.07, 6.45) is 0. The van der Waals surface area contributed by atoms with Gasteiger partial charge in [0.2, 0.25) is 0 Å². The van der Waals surface area contributed by atoms with E-state index < -0.39 is 0 Å². The first kappa shape index (κ1) is 29.6. The second-order valence-electron chi connectivity index (χ2n) is 13.7. The van der Waals surface area contributed by atoms with Crippen molar-refractivity contribution in [3.63, 3.8) is 0 Å². The van der Waals surface area contributed by atoms with Gasteiger partial charge in [-0.2, -0.15) is 0 Å². The van der Waals surface area contributed by atoms with Crippen LogP contribution in [0.25, 0.3) is 87.7 Å². The summed E-state index contributed by atoms with van der Waals surface area (Å²) in [6.45, 7) is 0. The molecule has 3 heteroatoms. The molecule has 0 N–H and O–H groups in total. The van der Waals surface area contributed by atoms with Gasteiger partial charge >= 0.3 is 0 Å². The van der Waals surface area contributed by atoms with Crippen molar-refractivity contribution >= 4 is 82.5 Å². The first-order valence-corrected chi connectivity index (χ1v) is 18.0. The highest BCUT2D eigenvalue weighted by atomic mass is 16.3. The third kappa shape index (κ3) is 4.68. The lowest BCUT2D eigenvalue weighted by atomic mass is 9.96. The molecular weight excluding hydrogens is 647 g/mol. The van der Waals surface area contributed by atoms with Gasteiger partial charge in [0.15, 0.2) is 0 Å². The minimum Gasteiger partial charge on any atom is -0.456 e. The molecule has 0 spiro atoms. The molecule has 0 amide bonds. The minimum atomic E-state index is 0.849. The molecule has 11 aromatic rings. The Kier molecular flexibility index (Phi) is 6.55. The lowest BCUT2D eigenvalue weighted by Gasteiger charge is -2.28. The van der Waals surface area contributed by atoms with Gasteiger partial charge in [-0.1, -0.05) is 140 Å². The van der Waals surface area contributed by atoms with Crippen molar-refractivity contribution in [2.45, 2.75) is 0 Å². The zero-order valence-electron chi connectivity index (χ0n) is 28.7. The third-order valence-electron chi connectivity index (χ3n) is 10.7. The fraction of sp³-hybridized carbons (Fsp3) is 0. The molecule has 2 aromatic heterocycles. The van der Waals surface area contributed by atoms with Crippen LogP contribution < -0.4 is 4.90 Å². The topological polar surface area (TPSA) is 29.5 Å². The second kappa shape index (κ2) is 11.7. The van der Waals surface area contributed by atoms with Gasteiger partial charge in [0.25, 0.3) is 0 Å². The molecule has 11 rings (SSSR count). The first-order valence-electron chi connectivity index (χ1n) is 18.0. The van der Waals surface area contributed by atoms with E-state index in [4.69, 9.17) is 8.83 Å². The summed E-state index contributed by atoms with van der Waals surface area (Å²) >= 11 is 0. The van der Waals surface area contributed by atoms with Crippen LogP contribution in [0.15, 0.2) is 197 Å². The quantitative estimate of drug-likeness (QED) is 0.170. The smallest absolute Gasteiger partial charge is 0.145 e. The van der Waals surface area contributed by atoms with Crippen LogP contribution in [0, 0.1) is 0 Å². The monoisotopic (exact) mass is 677 g/mol. The Hall–Kier alpha value is -7.10. The maximum Gasteiger partial charge on any atom is 0.145 e. The number of benzene rings is 9. The summed E-state index contributed by atoms with van der Waals surface area (Å²) in [5, 5.41) is 9.12. The summed E-state index contributed by atoms with van der Waals surface area (Å²) in [6, 6.07) is 66.7. The maximum absolute atomic E-state index is 6.84. The van der Waals surface area contributed by atoms with Crippen molar-refractivity contribution in [3.05, 3.63) is 188 Å². The largest absolute Gasteiger partial charge is 0.456 e. The lowest BCUT2D eigenvalue weighted by molar-refractivity contribution is 0.669. The summed E-state index contributed by atoms with van der Waals surface area (Å²) in [4.78, 5) is 2.40. The van der Waals surface area contributed by atoms with E-state index in [1.807, 2.05) is 18.2 Å². The number of rotatable bonds is 5. The van der Waals surface area contributed by atoms with Crippen molar-refractivity contribution in [2.24, 2.45) is 0 Å². The minimum absolute atomic E-state index is 0.849. The van der Waals surface area contributed by atoms with Gasteiger partial charge in [0, 0.05) is 38.9 Å². The third-order valence-corrected chi connectivity index (χ3v) is 10.7. The van der Waals surface area contributed by atoms with Crippen molar-refractivity contribution in [3.8, 4) is 22.3 Å². The fourth-order valence-corrected chi connectivity index (χ4v) is 8.18. The molecule has 0 saturated heterocycles. The maximum atomic E-state index is 6.84. The van der Waals surface area contributed by atoms with Crippen LogP contribution in [0.3, 0.4) is 0 Å². The van der Waals surface area contributed by atoms with Gasteiger partial charge in [-0.3, -0.25) is 0 Å². The van der Waals surface area contributed by atoms with Crippen molar-refractivity contribution < 1.29 is 8.83 Å². The van der Waals surface area contributed by atoms with E-state index in [0.717, 1.165) is 72.1 Å². The standard InChI is InChI=1S/C50H31NO2/c1-2-11-32(12-3-1)33-21-23-35(24-22-33)39-29-30-44(49-42-17-7-9-20-46(42)53-50(39)49)51(37-27-28-41-40-16-6-8-19-45(40)52-47(41)31-37)43-18-10-14-36-26-25-34-13-4-5-15-38(34)48(36)43/h1-31H. The highest BCUT2D eigenvalue weighted by Crippen LogP contribution is 2.49. The Balaban J connectivity index is 1.20. The molecule has 0 unspecified atom stereocenters. The number of fused-ring (bicyclic) bond motifs is 9. The summed E-state index contributed by atoms with van der Waals surface area (Å²) in [5.41, 5.74) is 11.1. The zero-order valence-corrected chi connectivity index (χ0v) is 28.7. The van der Waals surface area contributed by atoms with E-state index in [1.54, 1.807) is 0 Å². The van der Waals surface area contributed by atoms with Gasteiger partial charge < -0.3 is 13.7 Å². The van der Waals surface area contributed by atoms with Gasteiger partial charge in [0.1, 0.15) is 22.3 Å². The molecule has 53 heavy (non-hydrogen) atoms. The lowest BCUT2D eigenvalue weighted by Crippen LogP contribution is -2.11. The molecule has 0 fully saturated rings. The van der Waals surface area contributed by atoms with Gasteiger partial charge in [0.05, 0.1) is 16.8 Å². The van der Waals surface area contributed by atoms with E-state index in [1.165, 1.54) is 32.7 Å². The van der Waals surface area contributed by atoms with Gasteiger partial charge in [-0.15, -0.1) is 0 Å². The van der Waals surface area contributed by atoms with E-state index in [9.17, 15) is 0 Å². The second-order valence-corrected chi connectivity index (χ2v) is 13.7. The van der Waals surface area contributed by atoms with Gasteiger partial charge in [-0.25, -0.2) is 0 Å². The molecule has 2 heterocycles. The average molecular weight is 678 g/mol. The van der Waals surface area contributed by atoms with Crippen molar-refractivity contribution in [1.29, 1.82) is 0 Å². The van der Waals surface area contributed by atoms with Crippen LogP contribution in [-0.4, -0.2) is 0 Å². The van der Waals surface area contributed by atoms with Crippen LogP contribution in [-0.2, 0) is 0 Å². The average Bonchev–Trinajstić information content (AvgIpc) is 3.80. The molecule has 0 aliphatic carbocycles. The molecule has 0 aliphatic heterocycles. The molecule has 248 valence electrons. The number of hydrogen-bond acceptors (Lipinski definition) is 3. The van der Waals surface area contributed by atoms with Crippen LogP contribution in [0.2, 0.25) is 0 Å². The highest BCUT2D eigenvalue weighted by Gasteiger charge is 2.24.